The van der Waals surface area contributed by atoms with Gasteiger partial charge in [0.05, 0.1) is 0 Å². The van der Waals surface area contributed by atoms with Gasteiger partial charge in [-0.05, 0) is 24.6 Å². The number of halogens is 1. The summed E-state index contributed by atoms with van der Waals surface area (Å²) in [5.74, 6) is 0.624. The third-order valence-corrected chi connectivity index (χ3v) is 2.30. The molecular weight excluding hydrogens is 232 g/mol. The number of aryl methyl sites for hydroxylation is 1. The number of hydrogen-bond acceptors (Lipinski definition) is 3. The molecule has 0 fully saturated rings. The van der Waals surface area contributed by atoms with Crippen LogP contribution in [0.5, 0.6) is 0 Å². The van der Waals surface area contributed by atoms with Gasteiger partial charge in [-0.3, -0.25) is 0 Å². The van der Waals surface area contributed by atoms with Crippen LogP contribution in [0.15, 0.2) is 33.6 Å². The van der Waals surface area contributed by atoms with Crippen LogP contribution in [-0.2, 0) is 0 Å². The average Bonchev–Trinajstić information content (AvgIpc) is 2.61. The van der Waals surface area contributed by atoms with Crippen LogP contribution >= 0.6 is 15.9 Å². The van der Waals surface area contributed by atoms with E-state index in [9.17, 15) is 0 Å². The Kier molecular flexibility index (Phi) is 2.14. The van der Waals surface area contributed by atoms with Crippen molar-refractivity contribution >= 4 is 15.9 Å². The Labute approximate surface area is 83.9 Å². The van der Waals surface area contributed by atoms with Gasteiger partial charge >= 0.3 is 0 Å². The van der Waals surface area contributed by atoms with Gasteiger partial charge in [-0.1, -0.05) is 27.2 Å². The molecule has 0 saturated carbocycles. The van der Waals surface area contributed by atoms with Gasteiger partial charge in [-0.15, -0.1) is 0 Å². The molecule has 3 nitrogen and oxygen atoms in total. The minimum Gasteiger partial charge on any atom is -0.342 e. The minimum absolute atomic E-state index is 0.624. The van der Waals surface area contributed by atoms with Crippen molar-refractivity contribution in [1.29, 1.82) is 0 Å². The lowest BCUT2D eigenvalue weighted by Crippen LogP contribution is -1.84. The monoisotopic (exact) mass is 238 g/mol. The Morgan fingerprint density at radius 1 is 1.38 bits per heavy atom. The van der Waals surface area contributed by atoms with Crippen molar-refractivity contribution in [3.63, 3.8) is 0 Å². The first kappa shape index (κ1) is 8.44. The first-order chi connectivity index (χ1) is 6.27. The molecule has 0 bridgehead atoms. The van der Waals surface area contributed by atoms with Crippen molar-refractivity contribution in [1.82, 2.24) is 10.1 Å². The Morgan fingerprint density at radius 3 is 2.92 bits per heavy atom. The van der Waals surface area contributed by atoms with E-state index in [1.165, 1.54) is 6.39 Å². The fourth-order valence-electron chi connectivity index (χ4n) is 1.12. The van der Waals surface area contributed by atoms with E-state index >= 15 is 0 Å². The van der Waals surface area contributed by atoms with Crippen LogP contribution in [0.25, 0.3) is 11.4 Å². The van der Waals surface area contributed by atoms with E-state index < -0.39 is 0 Å². The Balaban J connectivity index is 2.57. The summed E-state index contributed by atoms with van der Waals surface area (Å²) < 4.78 is 5.70. The number of nitrogens with zero attached hydrogens (tertiary/aromatic N) is 2. The molecule has 0 unspecified atom stereocenters. The maximum atomic E-state index is 4.69. The quantitative estimate of drug-likeness (QED) is 0.767. The highest BCUT2D eigenvalue weighted by Crippen LogP contribution is 2.23. The predicted octanol–water partition coefficient (Wildman–Crippen LogP) is 2.81. The zero-order valence-electron chi connectivity index (χ0n) is 6.99. The first-order valence-corrected chi connectivity index (χ1v) is 4.59. The number of rotatable bonds is 1. The van der Waals surface area contributed by atoms with E-state index in [-0.39, 0.29) is 0 Å². The second-order valence-electron chi connectivity index (χ2n) is 2.71. The fraction of sp³-hybridized carbons (Fsp3) is 0.111. The molecular formula is C9H7BrN2O. The summed E-state index contributed by atoms with van der Waals surface area (Å²) >= 11 is 3.40. The summed E-state index contributed by atoms with van der Waals surface area (Å²) in [7, 11) is 0. The SMILES string of the molecule is Cc1ccc(Br)cc1-c1ncon1. The van der Waals surface area contributed by atoms with Crippen molar-refractivity contribution in [2.75, 3.05) is 0 Å². The Bertz CT molecular complexity index is 412. The predicted molar refractivity (Wildman–Crippen MR) is 52.2 cm³/mol. The standard InChI is InChI=1S/C9H7BrN2O/c1-6-2-3-7(10)4-8(6)9-11-5-13-12-9/h2-5H,1H3. The molecule has 13 heavy (non-hydrogen) atoms. The molecule has 0 aliphatic rings. The number of aromatic nitrogens is 2. The summed E-state index contributed by atoms with van der Waals surface area (Å²) in [6.45, 7) is 2.01. The summed E-state index contributed by atoms with van der Waals surface area (Å²) in [6.07, 6.45) is 1.33. The van der Waals surface area contributed by atoms with E-state index in [1.54, 1.807) is 0 Å². The van der Waals surface area contributed by atoms with Gasteiger partial charge in [0.25, 0.3) is 0 Å². The minimum atomic E-state index is 0.624. The van der Waals surface area contributed by atoms with Crippen LogP contribution in [-0.4, -0.2) is 10.1 Å². The summed E-state index contributed by atoms with van der Waals surface area (Å²) in [4.78, 5) is 3.99. The van der Waals surface area contributed by atoms with Crippen LogP contribution in [0.1, 0.15) is 5.56 Å². The lowest BCUT2D eigenvalue weighted by Gasteiger charge is -2.00. The maximum absolute atomic E-state index is 4.69. The zero-order chi connectivity index (χ0) is 9.26. The van der Waals surface area contributed by atoms with Gasteiger partial charge in [0.2, 0.25) is 12.2 Å². The first-order valence-electron chi connectivity index (χ1n) is 3.80. The van der Waals surface area contributed by atoms with Gasteiger partial charge in [-0.25, -0.2) is 0 Å². The average molecular weight is 239 g/mol. The molecule has 1 aromatic heterocycles. The zero-order valence-corrected chi connectivity index (χ0v) is 8.58. The molecule has 2 rings (SSSR count). The van der Waals surface area contributed by atoms with Gasteiger partial charge in [0, 0.05) is 10.0 Å². The van der Waals surface area contributed by atoms with Crippen molar-refractivity contribution in [3.8, 4) is 11.4 Å². The van der Waals surface area contributed by atoms with E-state index in [0.717, 1.165) is 15.6 Å². The molecule has 0 saturated heterocycles. The van der Waals surface area contributed by atoms with Gasteiger partial charge < -0.3 is 4.52 Å². The number of hydrogen-bond donors (Lipinski definition) is 0. The molecule has 2 aromatic rings. The molecule has 0 atom stereocenters. The molecule has 0 spiro atoms. The van der Waals surface area contributed by atoms with Crippen LogP contribution in [0.2, 0.25) is 0 Å². The van der Waals surface area contributed by atoms with Gasteiger partial charge in [0.1, 0.15) is 0 Å². The molecule has 4 heteroatoms. The highest BCUT2D eigenvalue weighted by molar-refractivity contribution is 9.10. The third kappa shape index (κ3) is 1.62. The topological polar surface area (TPSA) is 38.9 Å². The van der Waals surface area contributed by atoms with Crippen LogP contribution in [0.3, 0.4) is 0 Å². The molecule has 1 heterocycles. The van der Waals surface area contributed by atoms with E-state index in [1.807, 2.05) is 25.1 Å². The highest BCUT2D eigenvalue weighted by atomic mass is 79.9. The van der Waals surface area contributed by atoms with E-state index in [0.29, 0.717) is 5.82 Å². The number of benzene rings is 1. The lowest BCUT2D eigenvalue weighted by molar-refractivity contribution is 0.418. The van der Waals surface area contributed by atoms with E-state index in [4.69, 9.17) is 0 Å². The smallest absolute Gasteiger partial charge is 0.214 e. The molecule has 0 aliphatic heterocycles. The van der Waals surface area contributed by atoms with Crippen LogP contribution in [0.4, 0.5) is 0 Å². The Morgan fingerprint density at radius 2 is 2.23 bits per heavy atom. The van der Waals surface area contributed by atoms with Crippen LogP contribution < -0.4 is 0 Å². The van der Waals surface area contributed by atoms with Crippen molar-refractivity contribution < 1.29 is 4.52 Å². The van der Waals surface area contributed by atoms with Crippen molar-refractivity contribution in [3.05, 3.63) is 34.6 Å². The van der Waals surface area contributed by atoms with Crippen molar-refractivity contribution in [2.45, 2.75) is 6.92 Å². The molecule has 1 aromatic carbocycles. The fourth-order valence-corrected chi connectivity index (χ4v) is 1.49. The van der Waals surface area contributed by atoms with E-state index in [2.05, 4.69) is 30.6 Å². The molecule has 0 N–H and O–H groups in total. The molecule has 66 valence electrons. The maximum Gasteiger partial charge on any atom is 0.214 e. The third-order valence-electron chi connectivity index (χ3n) is 1.80. The summed E-state index contributed by atoms with van der Waals surface area (Å²) in [5, 5.41) is 3.78. The summed E-state index contributed by atoms with van der Waals surface area (Å²) in [6, 6.07) is 5.97. The summed E-state index contributed by atoms with van der Waals surface area (Å²) in [5.41, 5.74) is 2.12. The Hall–Kier alpha value is -1.16. The second-order valence-corrected chi connectivity index (χ2v) is 3.63. The normalized spacial score (nSPS) is 10.3. The lowest BCUT2D eigenvalue weighted by atomic mass is 10.1. The largest absolute Gasteiger partial charge is 0.342 e. The van der Waals surface area contributed by atoms with Gasteiger partial charge in [-0.2, -0.15) is 4.98 Å². The highest BCUT2D eigenvalue weighted by Gasteiger charge is 2.06. The molecule has 0 radical (unpaired) electrons. The molecule has 0 amide bonds. The second kappa shape index (κ2) is 3.30. The molecule has 0 aliphatic carbocycles. The van der Waals surface area contributed by atoms with Gasteiger partial charge in [0.15, 0.2) is 0 Å². The van der Waals surface area contributed by atoms with Crippen molar-refractivity contribution in [2.24, 2.45) is 0 Å². The van der Waals surface area contributed by atoms with Crippen LogP contribution in [0, 0.1) is 6.92 Å².